The van der Waals surface area contributed by atoms with Crippen molar-refractivity contribution < 1.29 is 9.53 Å². The van der Waals surface area contributed by atoms with Gasteiger partial charge < -0.3 is 19.9 Å². The Bertz CT molecular complexity index is 932. The standard InChI is InChI=1S/C21H25N3O2S/c1-14-5-8-16(9-6-14)27-20-17-10-7-15(26-4)13-18(17)23-19(20)21(25)22-11-12-24(2)3/h5-10,13,23H,11-12H2,1-4H3,(H,22,25). The number of H-pyrrole nitrogens is 1. The Kier molecular flexibility index (Phi) is 6.08. The van der Waals surface area contributed by atoms with Gasteiger partial charge in [-0.2, -0.15) is 0 Å². The van der Waals surface area contributed by atoms with Gasteiger partial charge in [-0.05, 0) is 45.3 Å². The Morgan fingerprint density at radius 3 is 2.59 bits per heavy atom. The van der Waals surface area contributed by atoms with Crippen molar-refractivity contribution in [2.24, 2.45) is 0 Å². The van der Waals surface area contributed by atoms with Crippen LogP contribution >= 0.6 is 11.8 Å². The van der Waals surface area contributed by atoms with Gasteiger partial charge in [0.1, 0.15) is 11.4 Å². The maximum Gasteiger partial charge on any atom is 0.268 e. The number of aromatic nitrogens is 1. The number of nitrogens with zero attached hydrogens (tertiary/aromatic N) is 1. The zero-order valence-electron chi connectivity index (χ0n) is 16.1. The molecule has 142 valence electrons. The molecule has 0 fully saturated rings. The number of methoxy groups -OCH3 is 1. The van der Waals surface area contributed by atoms with E-state index in [1.54, 1.807) is 18.9 Å². The molecule has 1 aromatic heterocycles. The minimum Gasteiger partial charge on any atom is -0.497 e. The monoisotopic (exact) mass is 383 g/mol. The number of fused-ring (bicyclic) bond motifs is 1. The lowest BCUT2D eigenvalue weighted by atomic mass is 10.2. The number of carbonyl (C=O) groups is 1. The summed E-state index contributed by atoms with van der Waals surface area (Å²) in [6.45, 7) is 3.45. The van der Waals surface area contributed by atoms with E-state index in [4.69, 9.17) is 4.74 Å². The van der Waals surface area contributed by atoms with Gasteiger partial charge in [0.2, 0.25) is 0 Å². The maximum atomic E-state index is 12.8. The number of nitrogens with one attached hydrogen (secondary N) is 2. The second-order valence-corrected chi connectivity index (χ2v) is 7.80. The van der Waals surface area contributed by atoms with E-state index in [1.807, 2.05) is 37.2 Å². The van der Waals surface area contributed by atoms with E-state index in [2.05, 4.69) is 41.5 Å². The summed E-state index contributed by atoms with van der Waals surface area (Å²) in [5.41, 5.74) is 2.69. The van der Waals surface area contributed by atoms with Gasteiger partial charge in [0.05, 0.1) is 17.5 Å². The number of carbonyl (C=O) groups excluding carboxylic acids is 1. The molecule has 0 saturated heterocycles. The number of rotatable bonds is 7. The lowest BCUT2D eigenvalue weighted by Gasteiger charge is -2.10. The first kappa shape index (κ1) is 19.3. The van der Waals surface area contributed by atoms with Crippen LogP contribution in [0, 0.1) is 6.92 Å². The van der Waals surface area contributed by atoms with Crippen LogP contribution in [0.2, 0.25) is 0 Å². The van der Waals surface area contributed by atoms with E-state index >= 15 is 0 Å². The lowest BCUT2D eigenvalue weighted by molar-refractivity contribution is 0.0944. The number of benzene rings is 2. The van der Waals surface area contributed by atoms with Crippen LogP contribution in [0.3, 0.4) is 0 Å². The Hall–Kier alpha value is -2.44. The first-order chi connectivity index (χ1) is 13.0. The van der Waals surface area contributed by atoms with E-state index in [-0.39, 0.29) is 5.91 Å². The molecule has 3 aromatic rings. The second-order valence-electron chi connectivity index (χ2n) is 6.71. The summed E-state index contributed by atoms with van der Waals surface area (Å²) in [4.78, 5) is 20.2. The average molecular weight is 384 g/mol. The highest BCUT2D eigenvalue weighted by molar-refractivity contribution is 7.99. The van der Waals surface area contributed by atoms with Crippen molar-refractivity contribution in [1.82, 2.24) is 15.2 Å². The lowest BCUT2D eigenvalue weighted by Crippen LogP contribution is -2.31. The van der Waals surface area contributed by atoms with E-state index < -0.39 is 0 Å². The number of hydrogen-bond donors (Lipinski definition) is 2. The molecule has 0 saturated carbocycles. The molecule has 1 amide bonds. The van der Waals surface area contributed by atoms with Crippen molar-refractivity contribution in [3.63, 3.8) is 0 Å². The number of hydrogen-bond acceptors (Lipinski definition) is 4. The Labute approximate surface area is 164 Å². The van der Waals surface area contributed by atoms with Crippen LogP contribution in [0.4, 0.5) is 0 Å². The van der Waals surface area contributed by atoms with Crippen LogP contribution in [-0.2, 0) is 0 Å². The highest BCUT2D eigenvalue weighted by Crippen LogP contribution is 2.38. The largest absolute Gasteiger partial charge is 0.497 e. The molecule has 2 N–H and O–H groups in total. The van der Waals surface area contributed by atoms with Crippen molar-refractivity contribution in [1.29, 1.82) is 0 Å². The highest BCUT2D eigenvalue weighted by Gasteiger charge is 2.19. The van der Waals surface area contributed by atoms with E-state index in [0.717, 1.165) is 33.0 Å². The third-order valence-corrected chi connectivity index (χ3v) is 5.41. The highest BCUT2D eigenvalue weighted by atomic mass is 32.2. The van der Waals surface area contributed by atoms with Crippen molar-refractivity contribution >= 4 is 28.6 Å². The number of amides is 1. The smallest absolute Gasteiger partial charge is 0.268 e. The van der Waals surface area contributed by atoms with Gasteiger partial charge >= 0.3 is 0 Å². The molecular formula is C21H25N3O2S. The van der Waals surface area contributed by atoms with Crippen molar-refractivity contribution in [2.45, 2.75) is 16.7 Å². The summed E-state index contributed by atoms with van der Waals surface area (Å²) in [6.07, 6.45) is 0. The topological polar surface area (TPSA) is 57.4 Å². The molecule has 0 spiro atoms. The van der Waals surface area contributed by atoms with Gasteiger partial charge in [-0.25, -0.2) is 0 Å². The molecule has 0 radical (unpaired) electrons. The SMILES string of the molecule is COc1ccc2c(Sc3ccc(C)cc3)c(C(=O)NCCN(C)C)[nH]c2c1. The molecule has 0 aliphatic rings. The molecule has 0 aliphatic heterocycles. The zero-order valence-corrected chi connectivity index (χ0v) is 16.9. The summed E-state index contributed by atoms with van der Waals surface area (Å²) in [5.74, 6) is 0.664. The van der Waals surface area contributed by atoms with Crippen LogP contribution in [-0.4, -0.2) is 50.1 Å². The van der Waals surface area contributed by atoms with Gasteiger partial charge in [-0.3, -0.25) is 4.79 Å². The number of aryl methyl sites for hydroxylation is 1. The normalized spacial score (nSPS) is 11.1. The van der Waals surface area contributed by atoms with Gasteiger partial charge in [0.25, 0.3) is 5.91 Å². The van der Waals surface area contributed by atoms with Crippen LogP contribution in [0.5, 0.6) is 5.75 Å². The van der Waals surface area contributed by atoms with Crippen molar-refractivity contribution in [3.8, 4) is 5.75 Å². The number of aromatic amines is 1. The molecule has 5 nitrogen and oxygen atoms in total. The van der Waals surface area contributed by atoms with E-state index in [0.29, 0.717) is 12.2 Å². The van der Waals surface area contributed by atoms with Gasteiger partial charge in [-0.15, -0.1) is 0 Å². The van der Waals surface area contributed by atoms with Crippen LogP contribution in [0.25, 0.3) is 10.9 Å². The third kappa shape index (κ3) is 4.64. The summed E-state index contributed by atoms with van der Waals surface area (Å²) in [7, 11) is 5.61. The Morgan fingerprint density at radius 2 is 1.93 bits per heavy atom. The van der Waals surface area contributed by atoms with Crippen LogP contribution in [0.15, 0.2) is 52.3 Å². The van der Waals surface area contributed by atoms with Crippen LogP contribution in [0.1, 0.15) is 16.1 Å². The predicted octanol–water partition coefficient (Wildman–Crippen LogP) is 3.93. The van der Waals surface area contributed by atoms with Crippen molar-refractivity contribution in [2.75, 3.05) is 34.3 Å². The first-order valence-corrected chi connectivity index (χ1v) is 9.66. The van der Waals surface area contributed by atoms with Crippen LogP contribution < -0.4 is 10.1 Å². The Morgan fingerprint density at radius 1 is 1.19 bits per heavy atom. The van der Waals surface area contributed by atoms with Gasteiger partial charge in [0, 0.05) is 29.4 Å². The molecule has 0 unspecified atom stereocenters. The fourth-order valence-corrected chi connectivity index (χ4v) is 3.79. The average Bonchev–Trinajstić information content (AvgIpc) is 3.01. The summed E-state index contributed by atoms with van der Waals surface area (Å²) < 4.78 is 5.32. The zero-order chi connectivity index (χ0) is 19.4. The maximum absolute atomic E-state index is 12.8. The van der Waals surface area contributed by atoms with E-state index in [1.165, 1.54) is 5.56 Å². The molecule has 27 heavy (non-hydrogen) atoms. The molecule has 6 heteroatoms. The minimum atomic E-state index is -0.0957. The molecule has 3 rings (SSSR count). The van der Waals surface area contributed by atoms with Gasteiger partial charge in [-0.1, -0.05) is 29.5 Å². The summed E-state index contributed by atoms with van der Waals surface area (Å²) >= 11 is 1.60. The fourth-order valence-electron chi connectivity index (χ4n) is 2.75. The number of ether oxygens (including phenoxy) is 1. The quantitative estimate of drug-likeness (QED) is 0.649. The molecule has 1 heterocycles. The first-order valence-electron chi connectivity index (χ1n) is 8.85. The van der Waals surface area contributed by atoms with Crippen molar-refractivity contribution in [3.05, 3.63) is 53.7 Å². The molecule has 0 aliphatic carbocycles. The predicted molar refractivity (Wildman–Crippen MR) is 111 cm³/mol. The second kappa shape index (κ2) is 8.50. The molecule has 0 atom stereocenters. The minimum absolute atomic E-state index is 0.0957. The molecule has 0 bridgehead atoms. The number of likely N-dealkylation sites (N-methyl/N-ethyl adjacent to an activating group) is 1. The van der Waals surface area contributed by atoms with Gasteiger partial charge in [0.15, 0.2) is 0 Å². The Balaban J connectivity index is 1.96. The van der Waals surface area contributed by atoms with E-state index in [9.17, 15) is 4.79 Å². The third-order valence-electron chi connectivity index (χ3n) is 4.27. The molecular weight excluding hydrogens is 358 g/mol. The molecule has 2 aromatic carbocycles. The summed E-state index contributed by atoms with van der Waals surface area (Å²) in [6, 6.07) is 14.2. The summed E-state index contributed by atoms with van der Waals surface area (Å²) in [5, 5.41) is 4.01. The fraction of sp³-hybridized carbons (Fsp3) is 0.286.